The van der Waals surface area contributed by atoms with Crippen LogP contribution in [0, 0.1) is 0 Å². The van der Waals surface area contributed by atoms with Gasteiger partial charge in [-0.25, -0.2) is 0 Å². The first kappa shape index (κ1) is 14.9. The molecule has 1 aliphatic carbocycles. The first-order valence-electron chi connectivity index (χ1n) is 7.83. The molecule has 1 aromatic rings. The van der Waals surface area contributed by atoms with Crippen LogP contribution in [0.3, 0.4) is 0 Å². The topological polar surface area (TPSA) is 12.0 Å². The molecule has 1 saturated carbocycles. The summed E-state index contributed by atoms with van der Waals surface area (Å²) < 4.78 is 0. The van der Waals surface area contributed by atoms with Crippen LogP contribution in [0.25, 0.3) is 0 Å². The van der Waals surface area contributed by atoms with Gasteiger partial charge in [0.05, 0.1) is 0 Å². The molecule has 0 radical (unpaired) electrons. The summed E-state index contributed by atoms with van der Waals surface area (Å²) in [5.41, 5.74) is 1.43. The number of unbranched alkanes of at least 4 members (excludes halogenated alkanes) is 4. The molecule has 2 rings (SSSR count). The molecule has 0 spiro atoms. The van der Waals surface area contributed by atoms with Gasteiger partial charge in [0.15, 0.2) is 0 Å². The van der Waals surface area contributed by atoms with Crippen molar-refractivity contribution in [3.05, 3.63) is 29.8 Å². The number of thioether (sulfide) groups is 1. The van der Waals surface area contributed by atoms with E-state index in [4.69, 9.17) is 0 Å². The maximum Gasteiger partial charge on any atom is 0.0208 e. The molecule has 1 aliphatic rings. The largest absolute Gasteiger partial charge is 0.310 e. The summed E-state index contributed by atoms with van der Waals surface area (Å²) >= 11 is 2.01. The molecule has 2 heteroatoms. The van der Waals surface area contributed by atoms with Gasteiger partial charge < -0.3 is 5.32 Å². The van der Waals surface area contributed by atoms with Crippen molar-refractivity contribution < 1.29 is 0 Å². The number of hydrogen-bond acceptors (Lipinski definition) is 2. The highest BCUT2D eigenvalue weighted by Crippen LogP contribution is 2.22. The summed E-state index contributed by atoms with van der Waals surface area (Å²) in [5, 5.41) is 3.58. The van der Waals surface area contributed by atoms with E-state index in [0.29, 0.717) is 0 Å². The SMILES string of the molecule is CCCCCCCSc1cccc(CNC2CC2)c1. The van der Waals surface area contributed by atoms with E-state index < -0.39 is 0 Å². The van der Waals surface area contributed by atoms with Gasteiger partial charge >= 0.3 is 0 Å². The molecule has 1 fully saturated rings. The standard InChI is InChI=1S/C17H27NS/c1-2-3-4-5-6-12-19-17-9-7-8-15(13-17)14-18-16-10-11-16/h7-9,13,16,18H,2-6,10-12,14H2,1H3. The van der Waals surface area contributed by atoms with Gasteiger partial charge in [-0.15, -0.1) is 11.8 Å². The minimum atomic E-state index is 0.801. The molecule has 1 N–H and O–H groups in total. The Morgan fingerprint density at radius 2 is 2.00 bits per heavy atom. The summed E-state index contributed by atoms with van der Waals surface area (Å²) in [6.45, 7) is 3.31. The van der Waals surface area contributed by atoms with Crippen LogP contribution in [0.5, 0.6) is 0 Å². The zero-order chi connectivity index (χ0) is 13.3. The van der Waals surface area contributed by atoms with Crippen LogP contribution >= 0.6 is 11.8 Å². The van der Waals surface area contributed by atoms with Crippen molar-refractivity contribution in [3.63, 3.8) is 0 Å². The van der Waals surface area contributed by atoms with E-state index in [-0.39, 0.29) is 0 Å². The van der Waals surface area contributed by atoms with Gasteiger partial charge in [0.2, 0.25) is 0 Å². The van der Waals surface area contributed by atoms with Gasteiger partial charge in [-0.1, -0.05) is 44.7 Å². The monoisotopic (exact) mass is 277 g/mol. The van der Waals surface area contributed by atoms with Gasteiger partial charge in [0, 0.05) is 17.5 Å². The lowest BCUT2D eigenvalue weighted by molar-refractivity contribution is 0.659. The van der Waals surface area contributed by atoms with E-state index in [9.17, 15) is 0 Å². The number of benzene rings is 1. The molecule has 1 aromatic carbocycles. The zero-order valence-corrected chi connectivity index (χ0v) is 13.0. The maximum atomic E-state index is 3.58. The lowest BCUT2D eigenvalue weighted by atomic mass is 10.2. The number of nitrogens with one attached hydrogen (secondary N) is 1. The quantitative estimate of drug-likeness (QED) is 0.477. The van der Waals surface area contributed by atoms with Gasteiger partial charge in [-0.3, -0.25) is 0 Å². The molecule has 0 aromatic heterocycles. The Hall–Kier alpha value is -0.470. The molecule has 0 bridgehead atoms. The van der Waals surface area contributed by atoms with Crippen LogP contribution in [0.15, 0.2) is 29.2 Å². The average Bonchev–Trinajstić information content (AvgIpc) is 3.25. The van der Waals surface area contributed by atoms with Crippen LogP contribution in [-0.4, -0.2) is 11.8 Å². The third kappa shape index (κ3) is 6.49. The van der Waals surface area contributed by atoms with E-state index in [1.165, 1.54) is 61.2 Å². The third-order valence-corrected chi connectivity index (χ3v) is 4.67. The van der Waals surface area contributed by atoms with Crippen molar-refractivity contribution in [3.8, 4) is 0 Å². The smallest absolute Gasteiger partial charge is 0.0208 e. The number of rotatable bonds is 10. The second kappa shape index (κ2) is 8.65. The van der Waals surface area contributed by atoms with Crippen molar-refractivity contribution in [2.75, 3.05) is 5.75 Å². The first-order chi connectivity index (χ1) is 9.38. The van der Waals surface area contributed by atoms with Crippen LogP contribution in [0.2, 0.25) is 0 Å². The van der Waals surface area contributed by atoms with Crippen molar-refractivity contribution in [1.29, 1.82) is 0 Å². The van der Waals surface area contributed by atoms with Gasteiger partial charge in [0.25, 0.3) is 0 Å². The molecule has 0 aliphatic heterocycles. The van der Waals surface area contributed by atoms with E-state index in [0.717, 1.165) is 12.6 Å². The number of hydrogen-bond donors (Lipinski definition) is 1. The summed E-state index contributed by atoms with van der Waals surface area (Å²) in [6, 6.07) is 9.84. The van der Waals surface area contributed by atoms with Crippen LogP contribution < -0.4 is 5.32 Å². The van der Waals surface area contributed by atoms with Crippen molar-refractivity contribution >= 4 is 11.8 Å². The maximum absolute atomic E-state index is 3.58. The van der Waals surface area contributed by atoms with Crippen LogP contribution in [-0.2, 0) is 6.54 Å². The molecule has 106 valence electrons. The fourth-order valence-corrected chi connectivity index (χ4v) is 3.18. The second-order valence-corrected chi connectivity index (χ2v) is 6.73. The van der Waals surface area contributed by atoms with Gasteiger partial charge in [0.1, 0.15) is 0 Å². The molecule has 0 saturated heterocycles. The molecule has 1 nitrogen and oxygen atoms in total. The van der Waals surface area contributed by atoms with E-state index in [1.807, 2.05) is 11.8 Å². The Kier molecular flexibility index (Phi) is 6.80. The highest BCUT2D eigenvalue weighted by Gasteiger charge is 2.19. The van der Waals surface area contributed by atoms with Crippen LogP contribution in [0.1, 0.15) is 57.4 Å². The predicted molar refractivity (Wildman–Crippen MR) is 85.8 cm³/mol. The fraction of sp³-hybridized carbons (Fsp3) is 0.647. The summed E-state index contributed by atoms with van der Waals surface area (Å²) in [5.74, 6) is 1.27. The second-order valence-electron chi connectivity index (χ2n) is 5.57. The average molecular weight is 277 g/mol. The fourth-order valence-electron chi connectivity index (χ4n) is 2.19. The van der Waals surface area contributed by atoms with Gasteiger partial charge in [-0.05, 0) is 42.7 Å². The highest BCUT2D eigenvalue weighted by atomic mass is 32.2. The zero-order valence-electron chi connectivity index (χ0n) is 12.2. The Morgan fingerprint density at radius 3 is 2.79 bits per heavy atom. The molecule has 0 heterocycles. The molecule has 19 heavy (non-hydrogen) atoms. The van der Waals surface area contributed by atoms with E-state index >= 15 is 0 Å². The lowest BCUT2D eigenvalue weighted by Gasteiger charge is -2.06. The van der Waals surface area contributed by atoms with Crippen molar-refractivity contribution in [2.24, 2.45) is 0 Å². The Balaban J connectivity index is 1.63. The Bertz CT molecular complexity index is 360. The third-order valence-electron chi connectivity index (χ3n) is 3.59. The van der Waals surface area contributed by atoms with Gasteiger partial charge in [-0.2, -0.15) is 0 Å². The highest BCUT2D eigenvalue weighted by molar-refractivity contribution is 7.99. The van der Waals surface area contributed by atoms with Crippen LogP contribution in [0.4, 0.5) is 0 Å². The molecular formula is C17H27NS. The van der Waals surface area contributed by atoms with Crippen molar-refractivity contribution in [1.82, 2.24) is 5.32 Å². The predicted octanol–water partition coefficient (Wildman–Crippen LogP) is 5.00. The van der Waals surface area contributed by atoms with E-state index in [2.05, 4.69) is 36.5 Å². The summed E-state index contributed by atoms with van der Waals surface area (Å²) in [6.07, 6.45) is 9.62. The minimum absolute atomic E-state index is 0.801. The Labute approximate surface area is 122 Å². The Morgan fingerprint density at radius 1 is 1.16 bits per heavy atom. The first-order valence-corrected chi connectivity index (χ1v) is 8.82. The molecule has 0 unspecified atom stereocenters. The minimum Gasteiger partial charge on any atom is -0.310 e. The molecule has 0 atom stereocenters. The lowest BCUT2D eigenvalue weighted by Crippen LogP contribution is -2.15. The summed E-state index contributed by atoms with van der Waals surface area (Å²) in [7, 11) is 0. The van der Waals surface area contributed by atoms with Crippen molar-refractivity contribution in [2.45, 2.75) is 69.4 Å². The molecular weight excluding hydrogens is 250 g/mol. The normalized spacial score (nSPS) is 14.8. The van der Waals surface area contributed by atoms with E-state index in [1.54, 1.807) is 0 Å². The summed E-state index contributed by atoms with van der Waals surface area (Å²) in [4.78, 5) is 1.44. The molecule has 0 amide bonds.